The summed E-state index contributed by atoms with van der Waals surface area (Å²) in [7, 11) is 0. The second-order valence-electron chi connectivity index (χ2n) is 5.78. The van der Waals surface area contributed by atoms with Crippen LogP contribution in [0.15, 0.2) is 17.6 Å². The number of thiazole rings is 1. The summed E-state index contributed by atoms with van der Waals surface area (Å²) < 4.78 is 2.04. The number of halogens is 2. The largest absolute Gasteiger partial charge is 0.351 e. The Morgan fingerprint density at radius 3 is 2.68 bits per heavy atom. The summed E-state index contributed by atoms with van der Waals surface area (Å²) in [4.78, 5) is 19.2. The summed E-state index contributed by atoms with van der Waals surface area (Å²) >= 11 is 1.57. The molecule has 0 bridgehead atoms. The van der Waals surface area contributed by atoms with Gasteiger partial charge in [-0.15, -0.1) is 36.2 Å². The maximum absolute atomic E-state index is 12.5. The van der Waals surface area contributed by atoms with E-state index in [0.29, 0.717) is 6.54 Å². The Bertz CT molecular complexity index is 668. The Morgan fingerprint density at radius 2 is 2.04 bits per heavy atom. The van der Waals surface area contributed by atoms with E-state index in [2.05, 4.69) is 20.5 Å². The molecule has 3 heterocycles. The normalized spacial score (nSPS) is 14.5. The minimum atomic E-state index is -0.00367. The molecule has 2 aromatic heterocycles. The zero-order chi connectivity index (χ0) is 16.2. The number of piperazine rings is 1. The van der Waals surface area contributed by atoms with Crippen LogP contribution in [0.4, 0.5) is 0 Å². The van der Waals surface area contributed by atoms with Gasteiger partial charge in [0, 0.05) is 62.2 Å². The van der Waals surface area contributed by atoms with E-state index in [9.17, 15) is 4.79 Å². The van der Waals surface area contributed by atoms with Crippen molar-refractivity contribution in [2.75, 3.05) is 39.3 Å². The summed E-state index contributed by atoms with van der Waals surface area (Å²) in [6.45, 7) is 9.72. The third-order valence-electron chi connectivity index (χ3n) is 4.21. The molecule has 0 unspecified atom stereocenters. The summed E-state index contributed by atoms with van der Waals surface area (Å²) in [6, 6.07) is 1.94. The molecule has 0 aliphatic carbocycles. The Balaban J connectivity index is 0.00000156. The molecule has 9 heteroatoms. The van der Waals surface area contributed by atoms with E-state index in [-0.39, 0.29) is 30.7 Å². The van der Waals surface area contributed by atoms with Gasteiger partial charge in [-0.3, -0.25) is 14.3 Å². The lowest BCUT2D eigenvalue weighted by Gasteiger charge is -2.27. The molecule has 3 rings (SSSR count). The number of nitrogens with zero attached hydrogens (tertiary/aromatic N) is 3. The lowest BCUT2D eigenvalue weighted by Crippen LogP contribution is -2.46. The van der Waals surface area contributed by atoms with Crippen molar-refractivity contribution in [3.8, 4) is 5.13 Å². The number of amides is 1. The molecule has 2 aromatic rings. The van der Waals surface area contributed by atoms with Crippen molar-refractivity contribution in [2.24, 2.45) is 0 Å². The lowest BCUT2D eigenvalue weighted by atomic mass is 10.2. The van der Waals surface area contributed by atoms with E-state index in [0.717, 1.165) is 54.8 Å². The minimum absolute atomic E-state index is 0. The zero-order valence-corrected chi connectivity index (χ0v) is 16.9. The quantitative estimate of drug-likeness (QED) is 0.798. The Labute approximate surface area is 164 Å². The Kier molecular flexibility index (Phi) is 8.88. The van der Waals surface area contributed by atoms with Crippen LogP contribution in [0.2, 0.25) is 0 Å². The van der Waals surface area contributed by atoms with Gasteiger partial charge < -0.3 is 10.6 Å². The number of carbonyl (C=O) groups excluding carboxylic acids is 1. The van der Waals surface area contributed by atoms with Gasteiger partial charge >= 0.3 is 0 Å². The molecule has 1 amide bonds. The number of aryl methyl sites for hydroxylation is 1. The van der Waals surface area contributed by atoms with Crippen LogP contribution in [0, 0.1) is 13.8 Å². The number of hydrogen-bond donors (Lipinski definition) is 2. The molecule has 0 saturated carbocycles. The van der Waals surface area contributed by atoms with Crippen molar-refractivity contribution in [3.05, 3.63) is 34.6 Å². The van der Waals surface area contributed by atoms with Crippen molar-refractivity contribution in [3.63, 3.8) is 0 Å². The number of hydrogen-bond acceptors (Lipinski definition) is 5. The topological polar surface area (TPSA) is 62.2 Å². The van der Waals surface area contributed by atoms with Gasteiger partial charge in [0.25, 0.3) is 5.91 Å². The highest BCUT2D eigenvalue weighted by molar-refractivity contribution is 7.12. The zero-order valence-electron chi connectivity index (χ0n) is 14.4. The van der Waals surface area contributed by atoms with E-state index in [4.69, 9.17) is 0 Å². The maximum Gasteiger partial charge on any atom is 0.253 e. The lowest BCUT2D eigenvalue weighted by molar-refractivity contribution is 0.0946. The number of carbonyl (C=O) groups is 1. The minimum Gasteiger partial charge on any atom is -0.351 e. The van der Waals surface area contributed by atoms with E-state index >= 15 is 0 Å². The van der Waals surface area contributed by atoms with Gasteiger partial charge in [-0.1, -0.05) is 0 Å². The van der Waals surface area contributed by atoms with Crippen LogP contribution in [0.25, 0.3) is 5.13 Å². The van der Waals surface area contributed by atoms with Crippen molar-refractivity contribution in [2.45, 2.75) is 13.8 Å². The monoisotopic (exact) mass is 405 g/mol. The molecule has 0 spiro atoms. The van der Waals surface area contributed by atoms with E-state index in [1.165, 1.54) is 0 Å². The SMILES string of the molecule is Cc1cc(C(=O)NCCN2CCNCC2)c(C)n1-c1nccs1.Cl.Cl. The summed E-state index contributed by atoms with van der Waals surface area (Å²) in [5.74, 6) is -0.00367. The molecule has 25 heavy (non-hydrogen) atoms. The number of aromatic nitrogens is 2. The molecule has 140 valence electrons. The average Bonchev–Trinajstić information content (AvgIpc) is 3.16. The van der Waals surface area contributed by atoms with Gasteiger partial charge in [-0.05, 0) is 19.9 Å². The number of nitrogens with one attached hydrogen (secondary N) is 2. The van der Waals surface area contributed by atoms with Crippen LogP contribution in [0.1, 0.15) is 21.7 Å². The number of rotatable bonds is 5. The second kappa shape index (κ2) is 10.1. The van der Waals surface area contributed by atoms with Crippen molar-refractivity contribution in [1.82, 2.24) is 25.1 Å². The molecule has 1 aliphatic rings. The van der Waals surface area contributed by atoms with Crippen LogP contribution in [-0.2, 0) is 0 Å². The summed E-state index contributed by atoms with van der Waals surface area (Å²) in [5.41, 5.74) is 2.71. The first-order chi connectivity index (χ1) is 11.2. The van der Waals surface area contributed by atoms with Crippen LogP contribution >= 0.6 is 36.2 Å². The first kappa shape index (κ1) is 21.9. The molecular formula is C16H25Cl2N5OS. The van der Waals surface area contributed by atoms with Gasteiger partial charge in [0.15, 0.2) is 5.13 Å². The van der Waals surface area contributed by atoms with Crippen LogP contribution in [0.3, 0.4) is 0 Å². The molecule has 0 aromatic carbocycles. The summed E-state index contributed by atoms with van der Waals surface area (Å²) in [5, 5.41) is 9.22. The average molecular weight is 406 g/mol. The third-order valence-corrected chi connectivity index (χ3v) is 4.97. The fraction of sp³-hybridized carbons (Fsp3) is 0.500. The highest BCUT2D eigenvalue weighted by Crippen LogP contribution is 2.22. The smallest absolute Gasteiger partial charge is 0.253 e. The van der Waals surface area contributed by atoms with Gasteiger partial charge in [-0.25, -0.2) is 4.98 Å². The molecule has 0 atom stereocenters. The van der Waals surface area contributed by atoms with Gasteiger partial charge in [0.05, 0.1) is 5.56 Å². The maximum atomic E-state index is 12.5. The Morgan fingerprint density at radius 1 is 1.32 bits per heavy atom. The van der Waals surface area contributed by atoms with E-state index in [1.807, 2.05) is 29.9 Å². The fourth-order valence-corrected chi connectivity index (χ4v) is 3.72. The molecule has 1 fully saturated rings. The van der Waals surface area contributed by atoms with Crippen LogP contribution in [0.5, 0.6) is 0 Å². The highest BCUT2D eigenvalue weighted by Gasteiger charge is 2.18. The third kappa shape index (κ3) is 5.18. The van der Waals surface area contributed by atoms with Crippen LogP contribution < -0.4 is 10.6 Å². The van der Waals surface area contributed by atoms with Crippen molar-refractivity contribution in [1.29, 1.82) is 0 Å². The molecular weight excluding hydrogens is 381 g/mol. The highest BCUT2D eigenvalue weighted by atomic mass is 35.5. The van der Waals surface area contributed by atoms with Crippen molar-refractivity contribution >= 4 is 42.1 Å². The summed E-state index contributed by atoms with van der Waals surface area (Å²) in [6.07, 6.45) is 1.78. The van der Waals surface area contributed by atoms with Gasteiger partial charge in [0.2, 0.25) is 0 Å². The molecule has 0 radical (unpaired) electrons. The molecule has 6 nitrogen and oxygen atoms in total. The van der Waals surface area contributed by atoms with E-state index in [1.54, 1.807) is 17.5 Å². The molecule has 1 aliphatic heterocycles. The second-order valence-corrected chi connectivity index (χ2v) is 6.66. The standard InChI is InChI=1S/C16H23N5OS.2ClH/c1-12-11-14(13(2)21(12)16-19-6-10-23-16)15(22)18-5-9-20-7-3-17-4-8-20;;/h6,10-11,17H,3-5,7-9H2,1-2H3,(H,18,22);2*1H. The van der Waals surface area contributed by atoms with Crippen molar-refractivity contribution < 1.29 is 4.79 Å². The first-order valence-electron chi connectivity index (χ1n) is 7.97. The van der Waals surface area contributed by atoms with Gasteiger partial charge in [-0.2, -0.15) is 0 Å². The molecule has 2 N–H and O–H groups in total. The predicted octanol–water partition coefficient (Wildman–Crippen LogP) is 2.03. The fourth-order valence-electron chi connectivity index (χ4n) is 2.97. The van der Waals surface area contributed by atoms with E-state index < -0.39 is 0 Å². The molecule has 1 saturated heterocycles. The predicted molar refractivity (Wildman–Crippen MR) is 107 cm³/mol. The van der Waals surface area contributed by atoms with Gasteiger partial charge in [0.1, 0.15) is 0 Å². The van der Waals surface area contributed by atoms with Crippen LogP contribution in [-0.4, -0.2) is 59.6 Å². The Hall–Kier alpha value is -1.12. The first-order valence-corrected chi connectivity index (χ1v) is 8.85.